The molecular formula is C17H18ClN3O2S2. The van der Waals surface area contributed by atoms with Gasteiger partial charge in [-0.15, -0.1) is 11.8 Å². The molecule has 3 aromatic rings. The van der Waals surface area contributed by atoms with Crippen molar-refractivity contribution in [2.75, 3.05) is 6.26 Å². The van der Waals surface area contributed by atoms with E-state index < -0.39 is 9.84 Å². The summed E-state index contributed by atoms with van der Waals surface area (Å²) in [6.45, 7) is 5.90. The number of aryl methyl sites for hydroxylation is 1. The summed E-state index contributed by atoms with van der Waals surface area (Å²) in [6.07, 6.45) is 1.78. The van der Waals surface area contributed by atoms with E-state index in [2.05, 4.69) is 23.9 Å². The fourth-order valence-corrected chi connectivity index (χ4v) is 5.24. The number of nitrogens with zero attached hydrogens (tertiary/aromatic N) is 3. The number of hydrogen-bond donors (Lipinski definition) is 0. The van der Waals surface area contributed by atoms with Crippen molar-refractivity contribution in [3.05, 3.63) is 46.7 Å². The van der Waals surface area contributed by atoms with E-state index in [0.29, 0.717) is 21.8 Å². The number of rotatable bonds is 4. The molecule has 132 valence electrons. The minimum Gasteiger partial charge on any atom is -0.233 e. The normalized spacial score (nSPS) is 12.2. The van der Waals surface area contributed by atoms with Gasteiger partial charge in [0, 0.05) is 5.69 Å². The Bertz CT molecular complexity index is 1040. The molecule has 0 aliphatic heterocycles. The first-order valence-corrected chi connectivity index (χ1v) is 10.8. The van der Waals surface area contributed by atoms with Crippen LogP contribution >= 0.6 is 23.4 Å². The van der Waals surface area contributed by atoms with Crippen LogP contribution in [0, 0.1) is 6.92 Å². The van der Waals surface area contributed by atoms with Crippen LogP contribution in [0.15, 0.2) is 45.1 Å². The predicted octanol–water partition coefficient (Wildman–Crippen LogP) is 4.37. The maximum Gasteiger partial charge on any atom is 0.213 e. The van der Waals surface area contributed by atoms with Gasteiger partial charge in [-0.2, -0.15) is 5.10 Å². The molecule has 2 aromatic heterocycles. The van der Waals surface area contributed by atoms with Crippen molar-refractivity contribution in [1.82, 2.24) is 14.6 Å². The van der Waals surface area contributed by atoms with E-state index in [4.69, 9.17) is 11.6 Å². The van der Waals surface area contributed by atoms with Crippen LogP contribution in [-0.2, 0) is 9.84 Å². The van der Waals surface area contributed by atoms with Crippen LogP contribution in [0.25, 0.3) is 5.65 Å². The molecule has 0 amide bonds. The minimum atomic E-state index is -3.77. The Morgan fingerprint density at radius 2 is 1.84 bits per heavy atom. The Hall–Kier alpha value is -1.57. The summed E-state index contributed by atoms with van der Waals surface area (Å²) in [4.78, 5) is 4.69. The molecule has 0 saturated heterocycles. The summed E-state index contributed by atoms with van der Waals surface area (Å²) in [5.41, 5.74) is 1.97. The largest absolute Gasteiger partial charge is 0.233 e. The lowest BCUT2D eigenvalue weighted by atomic mass is 10.0. The fraction of sp³-hybridized carbons (Fsp3) is 0.294. The molecule has 2 heterocycles. The number of halogens is 1. The Morgan fingerprint density at radius 3 is 2.40 bits per heavy atom. The smallest absolute Gasteiger partial charge is 0.213 e. The van der Waals surface area contributed by atoms with Gasteiger partial charge < -0.3 is 0 Å². The number of fused-ring (bicyclic) bond motifs is 1. The highest BCUT2D eigenvalue weighted by Gasteiger charge is 2.29. The maximum atomic E-state index is 13.2. The second-order valence-electron chi connectivity index (χ2n) is 6.02. The van der Waals surface area contributed by atoms with E-state index in [0.717, 1.165) is 5.56 Å². The van der Waals surface area contributed by atoms with Crippen molar-refractivity contribution in [2.45, 2.75) is 41.5 Å². The van der Waals surface area contributed by atoms with E-state index in [1.165, 1.54) is 16.3 Å². The minimum absolute atomic E-state index is 0.0999. The molecule has 3 rings (SSSR count). The first-order valence-electron chi connectivity index (χ1n) is 7.70. The highest BCUT2D eigenvalue weighted by atomic mass is 35.5. The topological polar surface area (TPSA) is 64.3 Å². The van der Waals surface area contributed by atoms with Crippen LogP contribution in [0.4, 0.5) is 0 Å². The SMILES string of the molecule is CSc1nn2c(Cl)cc(C)nc2c1S(=O)(=O)c1ccc(C(C)C)cc1. The molecule has 0 fully saturated rings. The molecule has 0 radical (unpaired) electrons. The van der Waals surface area contributed by atoms with Gasteiger partial charge in [0.25, 0.3) is 0 Å². The molecule has 0 atom stereocenters. The van der Waals surface area contributed by atoms with Gasteiger partial charge in [-0.25, -0.2) is 17.9 Å². The van der Waals surface area contributed by atoms with Gasteiger partial charge in [-0.1, -0.05) is 37.6 Å². The zero-order valence-corrected chi connectivity index (χ0v) is 16.7. The molecule has 0 unspecified atom stereocenters. The molecular weight excluding hydrogens is 378 g/mol. The molecule has 0 aliphatic carbocycles. The predicted molar refractivity (Wildman–Crippen MR) is 100 cm³/mol. The number of sulfone groups is 1. The van der Waals surface area contributed by atoms with E-state index >= 15 is 0 Å². The molecule has 0 spiro atoms. The number of benzene rings is 1. The summed E-state index contributed by atoms with van der Waals surface area (Å²) in [5, 5.41) is 5.03. The van der Waals surface area contributed by atoms with Gasteiger partial charge in [0.15, 0.2) is 10.5 Å². The summed E-state index contributed by atoms with van der Waals surface area (Å²) in [7, 11) is -3.77. The first-order chi connectivity index (χ1) is 11.8. The van der Waals surface area contributed by atoms with Crippen LogP contribution in [0.3, 0.4) is 0 Å². The van der Waals surface area contributed by atoms with Crippen LogP contribution < -0.4 is 0 Å². The summed E-state index contributed by atoms with van der Waals surface area (Å²) < 4.78 is 27.9. The number of thioether (sulfide) groups is 1. The second-order valence-corrected chi connectivity index (χ2v) is 9.09. The van der Waals surface area contributed by atoms with Crippen LogP contribution in [0.2, 0.25) is 5.15 Å². The Morgan fingerprint density at radius 1 is 1.20 bits per heavy atom. The van der Waals surface area contributed by atoms with E-state index in [-0.39, 0.29) is 15.4 Å². The van der Waals surface area contributed by atoms with Gasteiger partial charge >= 0.3 is 0 Å². The van der Waals surface area contributed by atoms with Crippen molar-refractivity contribution in [3.63, 3.8) is 0 Å². The number of aromatic nitrogens is 3. The summed E-state index contributed by atoms with van der Waals surface area (Å²) >= 11 is 7.47. The summed E-state index contributed by atoms with van der Waals surface area (Å²) in [6, 6.07) is 8.60. The first kappa shape index (κ1) is 18.2. The quantitative estimate of drug-likeness (QED) is 0.484. The average molecular weight is 396 g/mol. The Kier molecular flexibility index (Phi) is 4.83. The van der Waals surface area contributed by atoms with Crippen LogP contribution in [-0.4, -0.2) is 29.3 Å². The standard InChI is InChI=1S/C17H18ClN3O2S2/c1-10(2)12-5-7-13(8-6-12)25(22,23)15-16-19-11(3)9-14(18)21(16)20-17(15)24-4/h5-10H,1-4H3. The van der Waals surface area contributed by atoms with Crippen molar-refractivity contribution in [2.24, 2.45) is 0 Å². The molecule has 25 heavy (non-hydrogen) atoms. The molecule has 0 aliphatic rings. The number of hydrogen-bond acceptors (Lipinski definition) is 5. The molecule has 0 N–H and O–H groups in total. The van der Waals surface area contributed by atoms with Gasteiger partial charge in [0.2, 0.25) is 9.84 Å². The van der Waals surface area contributed by atoms with Crippen molar-refractivity contribution in [1.29, 1.82) is 0 Å². The van der Waals surface area contributed by atoms with Crippen LogP contribution in [0.5, 0.6) is 0 Å². The highest BCUT2D eigenvalue weighted by molar-refractivity contribution is 7.99. The molecule has 1 aromatic carbocycles. The molecule has 0 bridgehead atoms. The Balaban J connectivity index is 2.26. The lowest BCUT2D eigenvalue weighted by Crippen LogP contribution is -2.05. The molecule has 8 heteroatoms. The highest BCUT2D eigenvalue weighted by Crippen LogP contribution is 2.33. The lowest BCUT2D eigenvalue weighted by Gasteiger charge is -2.08. The Labute approximate surface area is 156 Å². The lowest BCUT2D eigenvalue weighted by molar-refractivity contribution is 0.594. The van der Waals surface area contributed by atoms with Crippen molar-refractivity contribution >= 4 is 38.8 Å². The van der Waals surface area contributed by atoms with Gasteiger partial charge in [0.05, 0.1) is 4.90 Å². The fourth-order valence-electron chi connectivity index (χ4n) is 2.57. The third kappa shape index (κ3) is 3.16. The third-order valence-electron chi connectivity index (χ3n) is 3.92. The van der Waals surface area contributed by atoms with Gasteiger partial charge in [-0.05, 0) is 42.9 Å². The second kappa shape index (κ2) is 6.63. The van der Waals surface area contributed by atoms with Crippen LogP contribution in [0.1, 0.15) is 31.0 Å². The zero-order chi connectivity index (χ0) is 18.4. The van der Waals surface area contributed by atoms with Crippen molar-refractivity contribution < 1.29 is 8.42 Å². The van der Waals surface area contributed by atoms with E-state index in [1.807, 2.05) is 12.1 Å². The molecule has 0 saturated carbocycles. The molecule has 5 nitrogen and oxygen atoms in total. The summed E-state index contributed by atoms with van der Waals surface area (Å²) in [5.74, 6) is 0.332. The van der Waals surface area contributed by atoms with Crippen molar-refractivity contribution in [3.8, 4) is 0 Å². The van der Waals surface area contributed by atoms with E-state index in [1.54, 1.807) is 31.4 Å². The zero-order valence-electron chi connectivity index (χ0n) is 14.3. The van der Waals surface area contributed by atoms with Gasteiger partial charge in [0.1, 0.15) is 10.2 Å². The van der Waals surface area contributed by atoms with E-state index in [9.17, 15) is 8.42 Å². The van der Waals surface area contributed by atoms with Gasteiger partial charge in [-0.3, -0.25) is 0 Å². The maximum absolute atomic E-state index is 13.2. The third-order valence-corrected chi connectivity index (χ3v) is 6.80. The monoisotopic (exact) mass is 395 g/mol. The average Bonchev–Trinajstić information content (AvgIpc) is 2.94.